The number of aryl methyl sites for hydroxylation is 1. The molecule has 0 spiro atoms. The van der Waals surface area contributed by atoms with Gasteiger partial charge >= 0.3 is 0 Å². The van der Waals surface area contributed by atoms with E-state index in [0.29, 0.717) is 30.4 Å². The van der Waals surface area contributed by atoms with Gasteiger partial charge in [-0.25, -0.2) is 0 Å². The second kappa shape index (κ2) is 8.79. The first-order valence-electron chi connectivity index (χ1n) is 11.7. The molecule has 1 amide bonds. The third-order valence-corrected chi connectivity index (χ3v) is 6.66. The van der Waals surface area contributed by atoms with Gasteiger partial charge in [-0.2, -0.15) is 10.1 Å². The van der Waals surface area contributed by atoms with Gasteiger partial charge < -0.3 is 9.42 Å². The van der Waals surface area contributed by atoms with Crippen LogP contribution in [0.15, 0.2) is 77.6 Å². The molecule has 0 aliphatic carbocycles. The molecule has 6 rings (SSSR count). The van der Waals surface area contributed by atoms with Crippen LogP contribution in [0.3, 0.4) is 0 Å². The van der Waals surface area contributed by atoms with Gasteiger partial charge in [0.25, 0.3) is 5.91 Å². The molecular formula is C27H24N6O2. The van der Waals surface area contributed by atoms with Crippen LogP contribution in [0.5, 0.6) is 0 Å². The van der Waals surface area contributed by atoms with Crippen molar-refractivity contribution in [3.05, 3.63) is 84.5 Å². The molecule has 2 aromatic carbocycles. The van der Waals surface area contributed by atoms with Crippen molar-refractivity contribution in [3.8, 4) is 22.6 Å². The van der Waals surface area contributed by atoms with E-state index in [0.717, 1.165) is 40.6 Å². The Morgan fingerprint density at radius 2 is 1.83 bits per heavy atom. The van der Waals surface area contributed by atoms with Crippen LogP contribution in [-0.2, 0) is 7.05 Å². The average Bonchev–Trinajstić information content (AvgIpc) is 3.56. The Bertz CT molecular complexity index is 1500. The first-order chi connectivity index (χ1) is 17.2. The minimum absolute atomic E-state index is 0.0266. The summed E-state index contributed by atoms with van der Waals surface area (Å²) in [5, 5.41) is 9.58. The summed E-state index contributed by atoms with van der Waals surface area (Å²) >= 11 is 0. The topological polar surface area (TPSA) is 89.9 Å². The van der Waals surface area contributed by atoms with Crippen LogP contribution in [0.4, 0.5) is 0 Å². The molecule has 5 aromatic rings. The molecule has 4 heterocycles. The van der Waals surface area contributed by atoms with Gasteiger partial charge in [-0.15, -0.1) is 0 Å². The smallest absolute Gasteiger partial charge is 0.253 e. The number of rotatable bonds is 4. The number of likely N-dealkylation sites (tertiary alicyclic amines) is 1. The van der Waals surface area contributed by atoms with E-state index in [1.54, 1.807) is 12.3 Å². The molecule has 0 bridgehead atoms. The fraction of sp³-hybridized carbons (Fsp3) is 0.222. The summed E-state index contributed by atoms with van der Waals surface area (Å²) in [6.07, 6.45) is 5.10. The largest absolute Gasteiger partial charge is 0.339 e. The summed E-state index contributed by atoms with van der Waals surface area (Å²) in [5.74, 6) is 1.37. The number of pyridine rings is 1. The van der Waals surface area contributed by atoms with E-state index in [9.17, 15) is 4.79 Å². The van der Waals surface area contributed by atoms with Gasteiger partial charge in [-0.1, -0.05) is 47.6 Å². The zero-order valence-corrected chi connectivity index (χ0v) is 19.3. The molecule has 3 aromatic heterocycles. The van der Waals surface area contributed by atoms with Crippen molar-refractivity contribution in [2.24, 2.45) is 7.05 Å². The molecule has 35 heavy (non-hydrogen) atoms. The number of piperidine rings is 1. The summed E-state index contributed by atoms with van der Waals surface area (Å²) in [7, 11) is 1.91. The Kier molecular flexibility index (Phi) is 5.33. The zero-order chi connectivity index (χ0) is 23.8. The minimum Gasteiger partial charge on any atom is -0.339 e. The lowest BCUT2D eigenvalue weighted by Crippen LogP contribution is -2.38. The van der Waals surface area contributed by atoms with E-state index in [2.05, 4.69) is 20.2 Å². The van der Waals surface area contributed by atoms with Crippen molar-refractivity contribution in [1.29, 1.82) is 0 Å². The first kappa shape index (κ1) is 21.2. The average molecular weight is 465 g/mol. The highest BCUT2D eigenvalue weighted by Gasteiger charge is 2.28. The van der Waals surface area contributed by atoms with Gasteiger partial charge in [0.1, 0.15) is 0 Å². The highest BCUT2D eigenvalue weighted by molar-refractivity contribution is 5.95. The van der Waals surface area contributed by atoms with Crippen LogP contribution in [0, 0.1) is 0 Å². The Morgan fingerprint density at radius 3 is 2.66 bits per heavy atom. The number of hydrogen-bond acceptors (Lipinski definition) is 6. The van der Waals surface area contributed by atoms with E-state index in [1.165, 1.54) is 0 Å². The Labute approximate surface area is 202 Å². The lowest BCUT2D eigenvalue weighted by molar-refractivity contribution is 0.0704. The molecule has 0 N–H and O–H groups in total. The number of carbonyl (C=O) groups excluding carboxylic acids is 1. The molecule has 8 nitrogen and oxygen atoms in total. The van der Waals surface area contributed by atoms with Gasteiger partial charge in [0.15, 0.2) is 0 Å². The second-order valence-corrected chi connectivity index (χ2v) is 8.86. The predicted octanol–water partition coefficient (Wildman–Crippen LogP) is 4.71. The Balaban J connectivity index is 1.13. The molecular weight excluding hydrogens is 440 g/mol. The number of hydrogen-bond donors (Lipinski definition) is 0. The second-order valence-electron chi connectivity index (χ2n) is 8.86. The van der Waals surface area contributed by atoms with E-state index >= 15 is 0 Å². The van der Waals surface area contributed by atoms with Crippen LogP contribution in [0.25, 0.3) is 33.5 Å². The van der Waals surface area contributed by atoms with Crippen molar-refractivity contribution >= 4 is 16.8 Å². The number of fused-ring (bicyclic) bond motifs is 1. The van der Waals surface area contributed by atoms with Crippen LogP contribution >= 0.6 is 0 Å². The highest BCUT2D eigenvalue weighted by atomic mass is 16.5. The number of nitrogens with zero attached hydrogens (tertiary/aromatic N) is 6. The highest BCUT2D eigenvalue weighted by Crippen LogP contribution is 2.30. The number of aromatic nitrogens is 5. The molecule has 1 aliphatic rings. The van der Waals surface area contributed by atoms with Crippen LogP contribution in [-0.4, -0.2) is 48.8 Å². The molecule has 0 saturated carbocycles. The van der Waals surface area contributed by atoms with E-state index < -0.39 is 0 Å². The molecule has 8 heteroatoms. The Morgan fingerprint density at radius 1 is 1.00 bits per heavy atom. The standard InChI is InChI=1S/C27H24N6O2/c1-32-24-16-20(7-8-22(24)17-29-32)25-30-26(35-31-25)19-10-13-33(14-11-19)27(34)21-9-12-28-23(15-21)18-5-3-2-4-6-18/h2-9,12,15-17,19H,10-11,13-14H2,1H3. The molecule has 0 radical (unpaired) electrons. The van der Waals surface area contributed by atoms with E-state index in [1.807, 2.05) is 77.4 Å². The molecule has 0 unspecified atom stereocenters. The number of amides is 1. The molecule has 0 atom stereocenters. The summed E-state index contributed by atoms with van der Waals surface area (Å²) in [5.41, 5.74) is 4.37. The fourth-order valence-corrected chi connectivity index (χ4v) is 4.64. The molecule has 1 saturated heterocycles. The van der Waals surface area contributed by atoms with Crippen LogP contribution < -0.4 is 0 Å². The van der Waals surface area contributed by atoms with Crippen LogP contribution in [0.1, 0.15) is 35.0 Å². The van der Waals surface area contributed by atoms with Crippen molar-refractivity contribution in [3.63, 3.8) is 0 Å². The number of benzene rings is 2. The van der Waals surface area contributed by atoms with Gasteiger partial charge in [0.05, 0.1) is 17.4 Å². The maximum absolute atomic E-state index is 13.2. The first-order valence-corrected chi connectivity index (χ1v) is 11.7. The summed E-state index contributed by atoms with van der Waals surface area (Å²) in [4.78, 5) is 24.2. The lowest BCUT2D eigenvalue weighted by atomic mass is 9.96. The van der Waals surface area contributed by atoms with Crippen molar-refractivity contribution in [2.45, 2.75) is 18.8 Å². The fourth-order valence-electron chi connectivity index (χ4n) is 4.64. The predicted molar refractivity (Wildman–Crippen MR) is 132 cm³/mol. The van der Waals surface area contributed by atoms with Gasteiger partial charge in [0.2, 0.25) is 11.7 Å². The van der Waals surface area contributed by atoms with Gasteiger partial charge in [-0.3, -0.25) is 14.5 Å². The third kappa shape index (κ3) is 4.07. The Hall–Kier alpha value is -4.33. The molecule has 1 fully saturated rings. The minimum atomic E-state index is 0.0266. The third-order valence-electron chi connectivity index (χ3n) is 6.66. The maximum atomic E-state index is 13.2. The van der Waals surface area contributed by atoms with Gasteiger partial charge in [0, 0.05) is 54.3 Å². The zero-order valence-electron chi connectivity index (χ0n) is 19.3. The van der Waals surface area contributed by atoms with Gasteiger partial charge in [-0.05, 0) is 31.0 Å². The van der Waals surface area contributed by atoms with Crippen molar-refractivity contribution in [2.75, 3.05) is 13.1 Å². The molecule has 1 aliphatic heterocycles. The van der Waals surface area contributed by atoms with Crippen LogP contribution in [0.2, 0.25) is 0 Å². The van der Waals surface area contributed by atoms with E-state index in [-0.39, 0.29) is 11.8 Å². The lowest BCUT2D eigenvalue weighted by Gasteiger charge is -2.30. The monoisotopic (exact) mass is 464 g/mol. The normalized spacial score (nSPS) is 14.5. The van der Waals surface area contributed by atoms with Crippen molar-refractivity contribution in [1.82, 2.24) is 29.8 Å². The number of carbonyl (C=O) groups is 1. The quantitative estimate of drug-likeness (QED) is 0.383. The van der Waals surface area contributed by atoms with Crippen molar-refractivity contribution < 1.29 is 9.32 Å². The molecule has 174 valence electrons. The summed E-state index contributed by atoms with van der Waals surface area (Å²) in [6, 6.07) is 19.6. The SMILES string of the molecule is Cn1ncc2ccc(-c3noc(C4CCN(C(=O)c5ccnc(-c6ccccc6)c5)CC4)n3)cc21. The van der Waals surface area contributed by atoms with E-state index in [4.69, 9.17) is 4.52 Å². The summed E-state index contributed by atoms with van der Waals surface area (Å²) in [6.45, 7) is 1.29. The maximum Gasteiger partial charge on any atom is 0.253 e. The summed E-state index contributed by atoms with van der Waals surface area (Å²) < 4.78 is 7.46.